The molecule has 4 aliphatic rings. The van der Waals surface area contributed by atoms with Crippen LogP contribution < -0.4 is 14.2 Å². The number of rotatable bonds is 3. The highest BCUT2D eigenvalue weighted by molar-refractivity contribution is 6.08. The molecular weight excluding hydrogens is 416 g/mol. The molecular formula is C24H26O8. The normalized spacial score (nSPS) is 29.8. The molecule has 1 aromatic carbocycles. The summed E-state index contributed by atoms with van der Waals surface area (Å²) in [5.74, 6) is 1.42. The lowest BCUT2D eigenvalue weighted by Gasteiger charge is -2.41. The molecule has 2 aliphatic heterocycles. The summed E-state index contributed by atoms with van der Waals surface area (Å²) in [7, 11) is 2.97. The van der Waals surface area contributed by atoms with E-state index in [4.69, 9.17) is 28.4 Å². The lowest BCUT2D eigenvalue weighted by atomic mass is 9.62. The van der Waals surface area contributed by atoms with E-state index in [1.165, 1.54) is 21.1 Å². The number of ether oxygens (including phenoxy) is 6. The fraction of sp³-hybridized carbons (Fsp3) is 0.500. The molecule has 1 spiro atoms. The van der Waals surface area contributed by atoms with Crippen molar-refractivity contribution in [2.45, 2.75) is 38.7 Å². The average molecular weight is 442 g/mol. The van der Waals surface area contributed by atoms with Crippen molar-refractivity contribution in [2.75, 3.05) is 27.6 Å². The number of hydrogen-bond acceptors (Lipinski definition) is 8. The van der Waals surface area contributed by atoms with Crippen molar-refractivity contribution in [3.8, 4) is 17.2 Å². The third-order valence-corrected chi connectivity index (χ3v) is 7.12. The van der Waals surface area contributed by atoms with Gasteiger partial charge in [-0.3, -0.25) is 9.59 Å². The maximum atomic E-state index is 14.0. The largest absolute Gasteiger partial charge is 0.493 e. The Morgan fingerprint density at radius 3 is 2.59 bits per heavy atom. The van der Waals surface area contributed by atoms with E-state index in [0.29, 0.717) is 40.6 Å². The zero-order valence-corrected chi connectivity index (χ0v) is 18.8. The highest BCUT2D eigenvalue weighted by Crippen LogP contribution is 2.61. The van der Waals surface area contributed by atoms with Gasteiger partial charge in [-0.1, -0.05) is 13.8 Å². The first-order chi connectivity index (χ1) is 15.3. The average Bonchev–Trinajstić information content (AvgIpc) is 3.39. The summed E-state index contributed by atoms with van der Waals surface area (Å²) in [6.07, 6.45) is 1.92. The fourth-order valence-electron chi connectivity index (χ4n) is 5.36. The third-order valence-electron chi connectivity index (χ3n) is 7.12. The molecule has 0 aromatic heterocycles. The highest BCUT2D eigenvalue weighted by Gasteiger charge is 2.59. The Labute approximate surface area is 186 Å². The molecule has 0 fully saturated rings. The number of allylic oxidation sites excluding steroid dienone is 2. The van der Waals surface area contributed by atoms with E-state index in [2.05, 4.69) is 13.8 Å². The lowest BCUT2D eigenvalue weighted by molar-refractivity contribution is -0.150. The molecule has 4 atom stereocenters. The molecule has 0 N–H and O–H groups in total. The molecule has 0 amide bonds. The SMILES string of the molecule is COC1=C(OC)C(=O)C23COc4c5c(cc(c42)C(OC(C)=O)C(C)C(C)CC3=C1)OCO5. The molecule has 4 unspecified atom stereocenters. The topological polar surface area (TPSA) is 89.5 Å². The molecule has 170 valence electrons. The van der Waals surface area contributed by atoms with E-state index in [-0.39, 0.29) is 42.7 Å². The minimum Gasteiger partial charge on any atom is -0.493 e. The fourth-order valence-corrected chi connectivity index (χ4v) is 5.36. The van der Waals surface area contributed by atoms with Crippen LogP contribution in [0.5, 0.6) is 17.2 Å². The van der Waals surface area contributed by atoms with Gasteiger partial charge in [0.1, 0.15) is 18.1 Å². The van der Waals surface area contributed by atoms with Crippen LogP contribution in [-0.4, -0.2) is 39.4 Å². The molecule has 8 nitrogen and oxygen atoms in total. The van der Waals surface area contributed by atoms with Crippen molar-refractivity contribution >= 4 is 11.8 Å². The van der Waals surface area contributed by atoms with Gasteiger partial charge in [0, 0.05) is 24.0 Å². The van der Waals surface area contributed by atoms with Crippen LogP contribution in [0.25, 0.3) is 0 Å². The van der Waals surface area contributed by atoms with E-state index >= 15 is 0 Å². The van der Waals surface area contributed by atoms with Gasteiger partial charge in [0.15, 0.2) is 17.3 Å². The predicted octanol–water partition coefficient (Wildman–Crippen LogP) is 3.34. The molecule has 2 heterocycles. The number of Topliss-reactive ketones (excluding diaryl/α,β-unsaturated/α-hetero) is 1. The van der Waals surface area contributed by atoms with Crippen molar-refractivity contribution < 1.29 is 38.0 Å². The summed E-state index contributed by atoms with van der Waals surface area (Å²) in [5, 5.41) is 0. The van der Waals surface area contributed by atoms with E-state index in [0.717, 1.165) is 5.57 Å². The van der Waals surface area contributed by atoms with Gasteiger partial charge in [-0.2, -0.15) is 0 Å². The second-order valence-corrected chi connectivity index (χ2v) is 8.77. The van der Waals surface area contributed by atoms with Gasteiger partial charge < -0.3 is 28.4 Å². The number of esters is 1. The van der Waals surface area contributed by atoms with Crippen LogP contribution in [-0.2, 0) is 29.2 Å². The van der Waals surface area contributed by atoms with Crippen LogP contribution in [0.15, 0.2) is 29.2 Å². The highest BCUT2D eigenvalue weighted by atomic mass is 16.7. The maximum Gasteiger partial charge on any atom is 0.303 e. The number of fused-ring (bicyclic) bond motifs is 2. The van der Waals surface area contributed by atoms with Gasteiger partial charge in [-0.05, 0) is 30.1 Å². The van der Waals surface area contributed by atoms with Crippen LogP contribution in [0.1, 0.15) is 44.4 Å². The summed E-state index contributed by atoms with van der Waals surface area (Å²) >= 11 is 0. The molecule has 1 aromatic rings. The van der Waals surface area contributed by atoms with E-state index in [1.54, 1.807) is 0 Å². The predicted molar refractivity (Wildman–Crippen MR) is 111 cm³/mol. The van der Waals surface area contributed by atoms with Crippen LogP contribution in [0.4, 0.5) is 0 Å². The van der Waals surface area contributed by atoms with Crippen molar-refractivity contribution in [3.05, 3.63) is 40.4 Å². The molecule has 0 saturated carbocycles. The lowest BCUT2D eigenvalue weighted by Crippen LogP contribution is -2.46. The third kappa shape index (κ3) is 2.61. The Morgan fingerprint density at radius 1 is 1.12 bits per heavy atom. The molecule has 32 heavy (non-hydrogen) atoms. The van der Waals surface area contributed by atoms with Crippen LogP contribution in [0, 0.1) is 11.8 Å². The van der Waals surface area contributed by atoms with Crippen LogP contribution in [0.3, 0.4) is 0 Å². The van der Waals surface area contributed by atoms with Gasteiger partial charge in [0.2, 0.25) is 24.1 Å². The summed E-state index contributed by atoms with van der Waals surface area (Å²) in [4.78, 5) is 26.1. The molecule has 8 heteroatoms. The Bertz CT molecular complexity index is 1080. The Hall–Kier alpha value is -3.16. The standard InChI is InChI=1S/C24H26O8/c1-11-6-14-7-16(27-4)21(28-5)23(26)24(14)9-29-22-18(24)15(8-17-20(22)31-10-30-17)19(12(11)2)32-13(3)25/h7-8,11-12,19H,6,9-10H2,1-5H3. The zero-order valence-electron chi connectivity index (χ0n) is 18.8. The summed E-state index contributed by atoms with van der Waals surface area (Å²) in [5.41, 5.74) is 1.13. The smallest absolute Gasteiger partial charge is 0.303 e. The Kier molecular flexibility index (Phi) is 4.65. The summed E-state index contributed by atoms with van der Waals surface area (Å²) in [6, 6.07) is 1.83. The minimum atomic E-state index is -1.12. The van der Waals surface area contributed by atoms with Crippen molar-refractivity contribution in [1.82, 2.24) is 0 Å². The first kappa shape index (κ1) is 20.7. The van der Waals surface area contributed by atoms with Crippen molar-refractivity contribution in [1.29, 1.82) is 0 Å². The monoisotopic (exact) mass is 442 g/mol. The van der Waals surface area contributed by atoms with Crippen molar-refractivity contribution in [2.24, 2.45) is 11.8 Å². The zero-order chi connectivity index (χ0) is 22.8. The van der Waals surface area contributed by atoms with Gasteiger partial charge in [-0.15, -0.1) is 0 Å². The van der Waals surface area contributed by atoms with Crippen molar-refractivity contribution in [3.63, 3.8) is 0 Å². The molecule has 2 aliphatic carbocycles. The van der Waals surface area contributed by atoms with Gasteiger partial charge in [0.05, 0.1) is 14.2 Å². The summed E-state index contributed by atoms with van der Waals surface area (Å²) in [6.45, 7) is 5.69. The number of hydrogen-bond donors (Lipinski definition) is 0. The first-order valence-electron chi connectivity index (χ1n) is 10.7. The quantitative estimate of drug-likeness (QED) is 0.659. The second kappa shape index (κ2) is 7.18. The van der Waals surface area contributed by atoms with Crippen LogP contribution >= 0.6 is 0 Å². The van der Waals surface area contributed by atoms with Crippen LogP contribution in [0.2, 0.25) is 0 Å². The number of carbonyl (C=O) groups excluding carboxylic acids is 2. The number of carbonyl (C=O) groups is 2. The molecule has 5 rings (SSSR count). The molecule has 0 saturated heterocycles. The number of benzene rings is 1. The molecule has 0 bridgehead atoms. The summed E-state index contributed by atoms with van der Waals surface area (Å²) < 4.78 is 34.3. The van der Waals surface area contributed by atoms with Gasteiger partial charge in [-0.25, -0.2) is 0 Å². The Balaban J connectivity index is 1.85. The Morgan fingerprint density at radius 2 is 1.91 bits per heavy atom. The molecule has 0 radical (unpaired) electrons. The number of methoxy groups -OCH3 is 2. The first-order valence-corrected chi connectivity index (χ1v) is 10.7. The van der Waals surface area contributed by atoms with E-state index < -0.39 is 11.5 Å². The minimum absolute atomic E-state index is 0.0308. The van der Waals surface area contributed by atoms with E-state index in [9.17, 15) is 9.59 Å². The van der Waals surface area contributed by atoms with E-state index in [1.807, 2.05) is 12.1 Å². The van der Waals surface area contributed by atoms with Gasteiger partial charge in [0.25, 0.3) is 0 Å². The van der Waals surface area contributed by atoms with Gasteiger partial charge >= 0.3 is 5.97 Å². The second-order valence-electron chi connectivity index (χ2n) is 8.77. The number of ketones is 1. The maximum absolute atomic E-state index is 14.0.